The van der Waals surface area contributed by atoms with E-state index in [1.807, 2.05) is 0 Å². The van der Waals surface area contributed by atoms with Crippen LogP contribution in [-0.4, -0.2) is 6.04 Å². The van der Waals surface area contributed by atoms with Crippen molar-refractivity contribution >= 4 is 0 Å². The fraction of sp³-hybridized carbons (Fsp3) is 1.00. The molecule has 10 heavy (non-hydrogen) atoms. The first-order valence-electron chi connectivity index (χ1n) is 4.38. The van der Waals surface area contributed by atoms with Crippen molar-refractivity contribution in [3.8, 4) is 0 Å². The first-order chi connectivity index (χ1) is 4.63. The zero-order chi connectivity index (χ0) is 7.72. The van der Waals surface area contributed by atoms with E-state index in [9.17, 15) is 0 Å². The van der Waals surface area contributed by atoms with Gasteiger partial charge in [-0.25, -0.2) is 0 Å². The second kappa shape index (κ2) is 2.91. The molecule has 0 spiro atoms. The molecule has 1 rings (SSSR count). The molecule has 1 saturated carbocycles. The molecule has 1 nitrogen and oxygen atoms in total. The SMILES string of the molecule is C[C@H]1[C@H](C)[C@@H](N)CC[C@@H]1C. The summed E-state index contributed by atoms with van der Waals surface area (Å²) in [6.07, 6.45) is 2.55. The van der Waals surface area contributed by atoms with Crippen molar-refractivity contribution in [3.05, 3.63) is 0 Å². The van der Waals surface area contributed by atoms with E-state index in [0.717, 1.165) is 17.8 Å². The first-order valence-corrected chi connectivity index (χ1v) is 4.38. The lowest BCUT2D eigenvalue weighted by molar-refractivity contribution is 0.171. The lowest BCUT2D eigenvalue weighted by atomic mass is 9.72. The molecule has 0 aromatic rings. The summed E-state index contributed by atoms with van der Waals surface area (Å²) in [6.45, 7) is 6.95. The second-order valence-electron chi connectivity index (χ2n) is 3.94. The Bertz CT molecular complexity index is 97.3. The van der Waals surface area contributed by atoms with Crippen molar-refractivity contribution < 1.29 is 0 Å². The topological polar surface area (TPSA) is 26.0 Å². The van der Waals surface area contributed by atoms with Gasteiger partial charge in [0.1, 0.15) is 0 Å². The third-order valence-electron chi connectivity index (χ3n) is 3.36. The molecule has 1 heteroatoms. The second-order valence-corrected chi connectivity index (χ2v) is 3.94. The highest BCUT2D eigenvalue weighted by Crippen LogP contribution is 2.32. The molecular weight excluding hydrogens is 122 g/mol. The van der Waals surface area contributed by atoms with Gasteiger partial charge in [-0.1, -0.05) is 20.8 Å². The predicted molar refractivity (Wildman–Crippen MR) is 44.7 cm³/mol. The van der Waals surface area contributed by atoms with Crippen molar-refractivity contribution in [1.82, 2.24) is 0 Å². The van der Waals surface area contributed by atoms with E-state index in [2.05, 4.69) is 20.8 Å². The maximum atomic E-state index is 5.93. The Hall–Kier alpha value is -0.0400. The van der Waals surface area contributed by atoms with Gasteiger partial charge in [0.25, 0.3) is 0 Å². The van der Waals surface area contributed by atoms with E-state index in [4.69, 9.17) is 5.73 Å². The van der Waals surface area contributed by atoms with Gasteiger partial charge in [-0.15, -0.1) is 0 Å². The Morgan fingerprint density at radius 3 is 2.10 bits per heavy atom. The van der Waals surface area contributed by atoms with E-state index < -0.39 is 0 Å². The normalized spacial score (nSPS) is 49.2. The molecule has 0 unspecified atom stereocenters. The highest BCUT2D eigenvalue weighted by molar-refractivity contribution is 4.82. The maximum absolute atomic E-state index is 5.93. The third kappa shape index (κ3) is 1.34. The van der Waals surface area contributed by atoms with Crippen LogP contribution in [0.1, 0.15) is 33.6 Å². The molecular formula is C9H19N. The summed E-state index contributed by atoms with van der Waals surface area (Å²) < 4.78 is 0. The van der Waals surface area contributed by atoms with Gasteiger partial charge in [0.2, 0.25) is 0 Å². The summed E-state index contributed by atoms with van der Waals surface area (Å²) in [7, 11) is 0. The minimum atomic E-state index is 0.464. The van der Waals surface area contributed by atoms with Gasteiger partial charge in [0.15, 0.2) is 0 Å². The van der Waals surface area contributed by atoms with Gasteiger partial charge in [-0.3, -0.25) is 0 Å². The molecule has 0 heterocycles. The highest BCUT2D eigenvalue weighted by Gasteiger charge is 2.28. The highest BCUT2D eigenvalue weighted by atomic mass is 14.7. The smallest absolute Gasteiger partial charge is 0.00672 e. The summed E-state index contributed by atoms with van der Waals surface area (Å²) in [6, 6.07) is 0.464. The molecule has 0 aromatic heterocycles. The van der Waals surface area contributed by atoms with Crippen LogP contribution in [0.2, 0.25) is 0 Å². The predicted octanol–water partition coefficient (Wildman–Crippen LogP) is 2.02. The van der Waals surface area contributed by atoms with E-state index >= 15 is 0 Å². The molecule has 1 fully saturated rings. The fourth-order valence-electron chi connectivity index (χ4n) is 1.89. The van der Waals surface area contributed by atoms with E-state index in [1.54, 1.807) is 0 Å². The van der Waals surface area contributed by atoms with Crippen LogP contribution in [0.15, 0.2) is 0 Å². The standard InChI is InChI=1S/C9H19N/c1-6-4-5-9(10)8(3)7(6)2/h6-9H,4-5,10H2,1-3H3/t6-,7+,8-,9-/m0/s1. The molecule has 0 bridgehead atoms. The van der Waals surface area contributed by atoms with Crippen LogP contribution >= 0.6 is 0 Å². The Morgan fingerprint density at radius 1 is 1.00 bits per heavy atom. The number of rotatable bonds is 0. The zero-order valence-electron chi connectivity index (χ0n) is 7.30. The van der Waals surface area contributed by atoms with Crippen molar-refractivity contribution in [2.75, 3.05) is 0 Å². The molecule has 0 aromatic carbocycles. The molecule has 0 radical (unpaired) electrons. The lowest BCUT2D eigenvalue weighted by Gasteiger charge is -2.36. The minimum absolute atomic E-state index is 0.464. The van der Waals surface area contributed by atoms with Crippen LogP contribution < -0.4 is 5.73 Å². The van der Waals surface area contributed by atoms with Crippen LogP contribution in [-0.2, 0) is 0 Å². The van der Waals surface area contributed by atoms with E-state index in [-0.39, 0.29) is 0 Å². The van der Waals surface area contributed by atoms with Crippen LogP contribution in [0.5, 0.6) is 0 Å². The fourth-order valence-corrected chi connectivity index (χ4v) is 1.89. The van der Waals surface area contributed by atoms with Crippen LogP contribution in [0.3, 0.4) is 0 Å². The van der Waals surface area contributed by atoms with Crippen LogP contribution in [0.4, 0.5) is 0 Å². The number of nitrogens with two attached hydrogens (primary N) is 1. The van der Waals surface area contributed by atoms with Crippen molar-refractivity contribution in [1.29, 1.82) is 0 Å². The van der Waals surface area contributed by atoms with E-state index in [1.165, 1.54) is 12.8 Å². The van der Waals surface area contributed by atoms with Crippen LogP contribution in [0.25, 0.3) is 0 Å². The van der Waals surface area contributed by atoms with Crippen molar-refractivity contribution in [3.63, 3.8) is 0 Å². The lowest BCUT2D eigenvalue weighted by Crippen LogP contribution is -2.39. The molecule has 1 aliphatic carbocycles. The number of hydrogen-bond acceptors (Lipinski definition) is 1. The van der Waals surface area contributed by atoms with Gasteiger partial charge in [-0.05, 0) is 30.6 Å². The summed E-state index contributed by atoms with van der Waals surface area (Å²) >= 11 is 0. The van der Waals surface area contributed by atoms with Crippen LogP contribution in [0, 0.1) is 17.8 Å². The van der Waals surface area contributed by atoms with Crippen molar-refractivity contribution in [2.45, 2.75) is 39.7 Å². The molecule has 0 amide bonds. The molecule has 1 aliphatic rings. The Labute approximate surface area is 64.0 Å². The quantitative estimate of drug-likeness (QED) is 0.548. The Kier molecular flexibility index (Phi) is 2.35. The minimum Gasteiger partial charge on any atom is -0.327 e. The molecule has 0 aliphatic heterocycles. The first kappa shape index (κ1) is 8.06. The largest absolute Gasteiger partial charge is 0.327 e. The third-order valence-corrected chi connectivity index (χ3v) is 3.36. The summed E-state index contributed by atoms with van der Waals surface area (Å²) in [5.41, 5.74) is 5.93. The summed E-state index contributed by atoms with van der Waals surface area (Å²) in [4.78, 5) is 0. The average molecular weight is 141 g/mol. The van der Waals surface area contributed by atoms with E-state index in [0.29, 0.717) is 6.04 Å². The maximum Gasteiger partial charge on any atom is 0.00672 e. The summed E-state index contributed by atoms with van der Waals surface area (Å²) in [5, 5.41) is 0. The molecule has 0 saturated heterocycles. The Balaban J connectivity index is 2.52. The number of hydrogen-bond donors (Lipinski definition) is 1. The van der Waals surface area contributed by atoms with Gasteiger partial charge in [0, 0.05) is 6.04 Å². The summed E-state index contributed by atoms with van der Waals surface area (Å²) in [5.74, 6) is 2.43. The average Bonchev–Trinajstić information content (AvgIpc) is 1.93. The van der Waals surface area contributed by atoms with Gasteiger partial charge in [-0.2, -0.15) is 0 Å². The Morgan fingerprint density at radius 2 is 1.60 bits per heavy atom. The molecule has 2 N–H and O–H groups in total. The van der Waals surface area contributed by atoms with Gasteiger partial charge in [0.05, 0.1) is 0 Å². The zero-order valence-corrected chi connectivity index (χ0v) is 7.30. The monoisotopic (exact) mass is 141 g/mol. The molecule has 4 atom stereocenters. The molecule has 60 valence electrons. The van der Waals surface area contributed by atoms with Gasteiger partial charge >= 0.3 is 0 Å². The van der Waals surface area contributed by atoms with Gasteiger partial charge < -0.3 is 5.73 Å². The van der Waals surface area contributed by atoms with Crippen molar-refractivity contribution in [2.24, 2.45) is 23.5 Å².